The van der Waals surface area contributed by atoms with Crippen LogP contribution in [0.2, 0.25) is 0 Å². The third-order valence-electron chi connectivity index (χ3n) is 3.54. The first-order valence-corrected chi connectivity index (χ1v) is 6.66. The molecule has 0 unspecified atom stereocenters. The van der Waals surface area contributed by atoms with Gasteiger partial charge in [-0.25, -0.2) is 0 Å². The molecule has 1 aliphatic rings. The van der Waals surface area contributed by atoms with E-state index < -0.39 is 0 Å². The lowest BCUT2D eigenvalue weighted by atomic mass is 10.0. The van der Waals surface area contributed by atoms with Crippen molar-refractivity contribution < 1.29 is 9.90 Å². The summed E-state index contributed by atoms with van der Waals surface area (Å²) in [4.78, 5) is 12.9. The van der Waals surface area contributed by atoms with Crippen LogP contribution in [-0.2, 0) is 11.3 Å². The highest BCUT2D eigenvalue weighted by molar-refractivity contribution is 5.75. The number of phenols is 1. The van der Waals surface area contributed by atoms with E-state index in [4.69, 9.17) is 5.73 Å². The number of para-hydroxylation sites is 1. The summed E-state index contributed by atoms with van der Waals surface area (Å²) in [6, 6.07) is 7.80. The molecule has 1 amide bonds. The Labute approximate surface area is 113 Å². The van der Waals surface area contributed by atoms with E-state index in [1.54, 1.807) is 6.07 Å². The number of hydrogen-bond acceptors (Lipinski definition) is 4. The Morgan fingerprint density at radius 1 is 1.37 bits per heavy atom. The molecular weight excluding hydrogens is 242 g/mol. The molecule has 2 rings (SSSR count). The van der Waals surface area contributed by atoms with Gasteiger partial charge in [-0.3, -0.25) is 9.69 Å². The van der Waals surface area contributed by atoms with Crippen molar-refractivity contribution in [3.63, 3.8) is 0 Å². The summed E-state index contributed by atoms with van der Waals surface area (Å²) in [6.07, 6.45) is 2.00. The Morgan fingerprint density at radius 3 is 2.68 bits per heavy atom. The number of benzene rings is 1. The number of hydrogen-bond donors (Lipinski definition) is 3. The zero-order chi connectivity index (χ0) is 13.7. The van der Waals surface area contributed by atoms with Gasteiger partial charge in [0.2, 0.25) is 5.91 Å². The maximum Gasteiger partial charge on any atom is 0.231 e. The van der Waals surface area contributed by atoms with Crippen LogP contribution in [0.15, 0.2) is 24.3 Å². The molecule has 0 aromatic heterocycles. The van der Waals surface area contributed by atoms with Crippen LogP contribution in [0.3, 0.4) is 0 Å². The zero-order valence-electron chi connectivity index (χ0n) is 11.0. The minimum Gasteiger partial charge on any atom is -0.508 e. The van der Waals surface area contributed by atoms with Crippen LogP contribution in [0.5, 0.6) is 5.75 Å². The zero-order valence-corrected chi connectivity index (χ0v) is 11.0. The standard InChI is InChI=1S/C14H21N3O2/c15-14(19)10-17-7-5-12(6-8-17)16-9-11-3-1-2-4-13(11)18/h1-4,12,16,18H,5-10H2,(H2,15,19). The molecule has 0 radical (unpaired) electrons. The van der Waals surface area contributed by atoms with Crippen molar-refractivity contribution in [2.24, 2.45) is 5.73 Å². The van der Waals surface area contributed by atoms with Gasteiger partial charge in [0.05, 0.1) is 6.54 Å². The van der Waals surface area contributed by atoms with Crippen molar-refractivity contribution >= 4 is 5.91 Å². The molecule has 1 fully saturated rings. The van der Waals surface area contributed by atoms with E-state index >= 15 is 0 Å². The number of nitrogens with two attached hydrogens (primary N) is 1. The van der Waals surface area contributed by atoms with E-state index in [2.05, 4.69) is 10.2 Å². The number of amides is 1. The van der Waals surface area contributed by atoms with Crippen LogP contribution in [0.25, 0.3) is 0 Å². The molecule has 1 aromatic carbocycles. The Hall–Kier alpha value is -1.59. The topological polar surface area (TPSA) is 78.6 Å². The van der Waals surface area contributed by atoms with E-state index in [0.717, 1.165) is 31.5 Å². The van der Waals surface area contributed by atoms with Gasteiger partial charge in [-0.2, -0.15) is 0 Å². The molecule has 104 valence electrons. The van der Waals surface area contributed by atoms with Crippen LogP contribution < -0.4 is 11.1 Å². The van der Waals surface area contributed by atoms with Crippen LogP contribution in [-0.4, -0.2) is 41.6 Å². The van der Waals surface area contributed by atoms with Gasteiger partial charge in [0.15, 0.2) is 0 Å². The van der Waals surface area contributed by atoms with Crippen LogP contribution in [0.1, 0.15) is 18.4 Å². The van der Waals surface area contributed by atoms with E-state index in [-0.39, 0.29) is 5.91 Å². The van der Waals surface area contributed by atoms with Gasteiger partial charge in [0.1, 0.15) is 5.75 Å². The number of likely N-dealkylation sites (tertiary alicyclic amines) is 1. The van der Waals surface area contributed by atoms with Gasteiger partial charge < -0.3 is 16.2 Å². The summed E-state index contributed by atoms with van der Waals surface area (Å²) in [6.45, 7) is 2.81. The van der Waals surface area contributed by atoms with Crippen molar-refractivity contribution in [2.75, 3.05) is 19.6 Å². The second-order valence-corrected chi connectivity index (χ2v) is 5.03. The van der Waals surface area contributed by atoms with Gasteiger partial charge in [-0.15, -0.1) is 0 Å². The molecule has 1 heterocycles. The highest BCUT2D eigenvalue weighted by Gasteiger charge is 2.19. The second kappa shape index (κ2) is 6.54. The normalized spacial score (nSPS) is 17.5. The maximum atomic E-state index is 10.8. The molecule has 0 bridgehead atoms. The quantitative estimate of drug-likeness (QED) is 0.720. The van der Waals surface area contributed by atoms with E-state index in [9.17, 15) is 9.90 Å². The molecule has 0 atom stereocenters. The molecule has 5 heteroatoms. The molecule has 5 nitrogen and oxygen atoms in total. The number of phenolic OH excluding ortho intramolecular Hbond substituents is 1. The van der Waals surface area contributed by atoms with Gasteiger partial charge in [-0.1, -0.05) is 18.2 Å². The van der Waals surface area contributed by atoms with Gasteiger partial charge in [0, 0.05) is 31.2 Å². The number of aromatic hydroxyl groups is 1. The molecule has 1 aliphatic heterocycles. The number of primary amides is 1. The van der Waals surface area contributed by atoms with E-state index in [1.165, 1.54) is 0 Å². The van der Waals surface area contributed by atoms with E-state index in [1.807, 2.05) is 18.2 Å². The minimum atomic E-state index is -0.263. The monoisotopic (exact) mass is 263 g/mol. The van der Waals surface area contributed by atoms with Crippen molar-refractivity contribution in [1.82, 2.24) is 10.2 Å². The summed E-state index contributed by atoms with van der Waals surface area (Å²) in [5, 5.41) is 13.1. The number of carbonyl (C=O) groups excluding carboxylic acids is 1. The van der Waals surface area contributed by atoms with Crippen molar-refractivity contribution in [3.05, 3.63) is 29.8 Å². The number of nitrogens with zero attached hydrogens (tertiary/aromatic N) is 1. The van der Waals surface area contributed by atoms with Gasteiger partial charge in [0.25, 0.3) is 0 Å². The molecule has 1 saturated heterocycles. The summed E-state index contributed by atoms with van der Waals surface area (Å²) in [7, 11) is 0. The summed E-state index contributed by atoms with van der Waals surface area (Å²) < 4.78 is 0. The summed E-state index contributed by atoms with van der Waals surface area (Å²) in [5.41, 5.74) is 6.10. The third kappa shape index (κ3) is 4.22. The highest BCUT2D eigenvalue weighted by Crippen LogP contribution is 2.16. The molecule has 1 aromatic rings. The number of rotatable bonds is 5. The lowest BCUT2D eigenvalue weighted by Crippen LogP contribution is -2.45. The fourth-order valence-corrected chi connectivity index (χ4v) is 2.43. The first-order chi connectivity index (χ1) is 9.15. The van der Waals surface area contributed by atoms with Crippen molar-refractivity contribution in [3.8, 4) is 5.75 Å². The van der Waals surface area contributed by atoms with Crippen LogP contribution in [0, 0.1) is 0 Å². The van der Waals surface area contributed by atoms with Crippen LogP contribution in [0.4, 0.5) is 0 Å². The Balaban J connectivity index is 1.74. The molecular formula is C14H21N3O2. The Bertz CT molecular complexity index is 428. The third-order valence-corrected chi connectivity index (χ3v) is 3.54. The minimum absolute atomic E-state index is 0.263. The largest absolute Gasteiger partial charge is 0.508 e. The lowest BCUT2D eigenvalue weighted by molar-refractivity contribution is -0.119. The summed E-state index contributed by atoms with van der Waals surface area (Å²) in [5.74, 6) is 0.0711. The smallest absolute Gasteiger partial charge is 0.231 e. The van der Waals surface area contributed by atoms with Crippen LogP contribution >= 0.6 is 0 Å². The number of carbonyl (C=O) groups is 1. The predicted octanol–water partition coefficient (Wildman–Crippen LogP) is 0.432. The Kier molecular flexibility index (Phi) is 4.76. The van der Waals surface area contributed by atoms with Crippen molar-refractivity contribution in [2.45, 2.75) is 25.4 Å². The fraction of sp³-hybridized carbons (Fsp3) is 0.500. The average molecular weight is 263 g/mol. The molecule has 0 spiro atoms. The maximum absolute atomic E-state index is 10.8. The van der Waals surface area contributed by atoms with Crippen molar-refractivity contribution in [1.29, 1.82) is 0 Å². The Morgan fingerprint density at radius 2 is 2.05 bits per heavy atom. The predicted molar refractivity (Wildman–Crippen MR) is 73.6 cm³/mol. The molecule has 0 saturated carbocycles. The first-order valence-electron chi connectivity index (χ1n) is 6.66. The molecule has 19 heavy (non-hydrogen) atoms. The summed E-state index contributed by atoms with van der Waals surface area (Å²) >= 11 is 0. The highest BCUT2D eigenvalue weighted by atomic mass is 16.3. The molecule has 4 N–H and O–H groups in total. The number of nitrogens with one attached hydrogen (secondary N) is 1. The average Bonchev–Trinajstić information content (AvgIpc) is 2.39. The van der Waals surface area contributed by atoms with Gasteiger partial charge >= 0.3 is 0 Å². The first kappa shape index (κ1) is 13.8. The number of piperidine rings is 1. The fourth-order valence-electron chi connectivity index (χ4n) is 2.43. The van der Waals surface area contributed by atoms with Gasteiger partial charge in [-0.05, 0) is 18.9 Å². The SMILES string of the molecule is NC(=O)CN1CCC(NCc2ccccc2O)CC1. The second-order valence-electron chi connectivity index (χ2n) is 5.03. The lowest BCUT2D eigenvalue weighted by Gasteiger charge is -2.31. The van der Waals surface area contributed by atoms with E-state index in [0.29, 0.717) is 24.9 Å². The molecule has 0 aliphatic carbocycles.